The first-order valence-corrected chi connectivity index (χ1v) is 7.72. The van der Waals surface area contributed by atoms with E-state index < -0.39 is 5.54 Å². The zero-order valence-corrected chi connectivity index (χ0v) is 13.6. The fourth-order valence-corrected chi connectivity index (χ4v) is 3.29. The summed E-state index contributed by atoms with van der Waals surface area (Å²) in [6, 6.07) is 17.0. The highest BCUT2D eigenvalue weighted by Crippen LogP contribution is 2.31. The van der Waals surface area contributed by atoms with Gasteiger partial charge in [-0.15, -0.1) is 0 Å². The van der Waals surface area contributed by atoms with E-state index in [9.17, 15) is 4.39 Å². The highest BCUT2D eigenvalue weighted by atomic mass is 19.1. The van der Waals surface area contributed by atoms with Crippen molar-refractivity contribution in [2.75, 3.05) is 14.1 Å². The van der Waals surface area contributed by atoms with Crippen LogP contribution in [0.4, 0.5) is 4.39 Å². The Hall–Kier alpha value is -1.71. The summed E-state index contributed by atoms with van der Waals surface area (Å²) < 4.78 is 13.2. The maximum atomic E-state index is 13.2. The summed E-state index contributed by atoms with van der Waals surface area (Å²) >= 11 is 0. The first kappa shape index (κ1) is 16.7. The van der Waals surface area contributed by atoms with Crippen molar-refractivity contribution in [3.63, 3.8) is 0 Å². The number of nitrogens with two attached hydrogens (primary N) is 1. The molecule has 0 saturated heterocycles. The fraction of sp³-hybridized carbons (Fsp3) is 0.368. The van der Waals surface area contributed by atoms with Crippen molar-refractivity contribution in [3.8, 4) is 0 Å². The molecule has 2 atom stereocenters. The fourth-order valence-electron chi connectivity index (χ4n) is 3.29. The van der Waals surface area contributed by atoms with Crippen molar-refractivity contribution in [2.24, 2.45) is 5.73 Å². The van der Waals surface area contributed by atoms with Crippen LogP contribution >= 0.6 is 0 Å². The number of nitrogens with zero attached hydrogens (tertiary/aromatic N) is 1. The van der Waals surface area contributed by atoms with Crippen molar-refractivity contribution in [1.82, 2.24) is 4.90 Å². The molecule has 0 aromatic heterocycles. The Morgan fingerprint density at radius 3 is 2.14 bits per heavy atom. The second-order valence-corrected chi connectivity index (χ2v) is 6.10. The molecule has 0 aliphatic heterocycles. The molecule has 2 unspecified atom stereocenters. The molecule has 2 rings (SSSR count). The summed E-state index contributed by atoms with van der Waals surface area (Å²) in [5.74, 6) is -0.217. The normalized spacial score (nSPS) is 15.5. The van der Waals surface area contributed by atoms with E-state index >= 15 is 0 Å². The summed E-state index contributed by atoms with van der Waals surface area (Å²) in [4.78, 5) is 2.18. The largest absolute Gasteiger partial charge is 0.320 e. The Labute approximate surface area is 132 Å². The minimum atomic E-state index is -0.517. The van der Waals surface area contributed by atoms with Crippen LogP contribution in [0, 0.1) is 5.82 Å². The van der Waals surface area contributed by atoms with Crippen molar-refractivity contribution < 1.29 is 4.39 Å². The predicted octanol–water partition coefficient (Wildman–Crippen LogP) is 3.56. The lowest BCUT2D eigenvalue weighted by Crippen LogP contribution is -2.55. The van der Waals surface area contributed by atoms with Crippen molar-refractivity contribution >= 4 is 0 Å². The molecule has 0 saturated carbocycles. The van der Waals surface area contributed by atoms with Gasteiger partial charge in [-0.25, -0.2) is 4.39 Å². The van der Waals surface area contributed by atoms with Gasteiger partial charge in [-0.1, -0.05) is 49.4 Å². The lowest BCUT2D eigenvalue weighted by atomic mass is 9.77. The van der Waals surface area contributed by atoms with Gasteiger partial charge >= 0.3 is 0 Å². The van der Waals surface area contributed by atoms with Crippen LogP contribution in [0.3, 0.4) is 0 Å². The van der Waals surface area contributed by atoms with E-state index in [1.807, 2.05) is 30.3 Å². The molecular weight excluding hydrogens is 275 g/mol. The SMILES string of the molecule is CCC(N(C)C)C(N)(Cc1ccc(F)cc1)c1ccccc1. The summed E-state index contributed by atoms with van der Waals surface area (Å²) in [5, 5.41) is 0. The highest BCUT2D eigenvalue weighted by molar-refractivity contribution is 5.30. The van der Waals surface area contributed by atoms with Crippen LogP contribution in [0.1, 0.15) is 24.5 Å². The Morgan fingerprint density at radius 1 is 1.05 bits per heavy atom. The molecule has 3 heteroatoms. The van der Waals surface area contributed by atoms with E-state index in [0.717, 1.165) is 17.5 Å². The molecule has 2 nitrogen and oxygen atoms in total. The van der Waals surface area contributed by atoms with Gasteiger partial charge in [0.25, 0.3) is 0 Å². The van der Waals surface area contributed by atoms with Crippen molar-refractivity contribution in [1.29, 1.82) is 0 Å². The van der Waals surface area contributed by atoms with Gasteiger partial charge in [0.15, 0.2) is 0 Å². The Balaban J connectivity index is 2.43. The van der Waals surface area contributed by atoms with Crippen molar-refractivity contribution in [2.45, 2.75) is 31.3 Å². The number of hydrogen-bond acceptors (Lipinski definition) is 2. The van der Waals surface area contributed by atoms with Gasteiger partial charge in [-0.3, -0.25) is 0 Å². The third-order valence-corrected chi connectivity index (χ3v) is 4.33. The molecule has 0 fully saturated rings. The molecule has 118 valence electrons. The van der Waals surface area contributed by atoms with E-state index in [2.05, 4.69) is 38.1 Å². The lowest BCUT2D eigenvalue weighted by molar-refractivity contribution is 0.168. The van der Waals surface area contributed by atoms with Crippen LogP contribution in [0.25, 0.3) is 0 Å². The van der Waals surface area contributed by atoms with Crippen LogP contribution in [0.2, 0.25) is 0 Å². The van der Waals surface area contributed by atoms with Crippen LogP contribution in [-0.2, 0) is 12.0 Å². The smallest absolute Gasteiger partial charge is 0.123 e. The summed E-state index contributed by atoms with van der Waals surface area (Å²) in [6.07, 6.45) is 1.62. The third-order valence-electron chi connectivity index (χ3n) is 4.33. The molecule has 22 heavy (non-hydrogen) atoms. The zero-order chi connectivity index (χ0) is 16.2. The lowest BCUT2D eigenvalue weighted by Gasteiger charge is -2.41. The quantitative estimate of drug-likeness (QED) is 0.884. The van der Waals surface area contributed by atoms with E-state index in [1.165, 1.54) is 12.1 Å². The van der Waals surface area contributed by atoms with Gasteiger partial charge in [0.05, 0.1) is 5.54 Å². The Bertz CT molecular complexity index is 580. The molecule has 0 amide bonds. The Morgan fingerprint density at radius 2 is 1.64 bits per heavy atom. The van der Waals surface area contributed by atoms with Crippen LogP contribution in [0.5, 0.6) is 0 Å². The van der Waals surface area contributed by atoms with Gasteiger partial charge in [0, 0.05) is 6.04 Å². The standard InChI is InChI=1S/C19H25FN2/c1-4-18(22(2)3)19(21,16-8-6-5-7-9-16)14-15-10-12-17(20)13-11-15/h5-13,18H,4,14,21H2,1-3H3. The summed E-state index contributed by atoms with van der Waals surface area (Å²) in [6.45, 7) is 2.15. The summed E-state index contributed by atoms with van der Waals surface area (Å²) in [5.41, 5.74) is 8.55. The summed E-state index contributed by atoms with van der Waals surface area (Å²) in [7, 11) is 4.12. The predicted molar refractivity (Wildman–Crippen MR) is 90.2 cm³/mol. The highest BCUT2D eigenvalue weighted by Gasteiger charge is 2.37. The molecule has 0 aliphatic rings. The zero-order valence-electron chi connectivity index (χ0n) is 13.6. The Kier molecular flexibility index (Phi) is 5.33. The van der Waals surface area contributed by atoms with E-state index in [4.69, 9.17) is 5.73 Å². The number of halogens is 1. The van der Waals surface area contributed by atoms with E-state index in [0.29, 0.717) is 6.42 Å². The van der Waals surface area contributed by atoms with Crippen LogP contribution < -0.4 is 5.73 Å². The molecular formula is C19H25FN2. The molecule has 0 heterocycles. The number of hydrogen-bond donors (Lipinski definition) is 1. The number of benzene rings is 2. The first-order valence-electron chi connectivity index (χ1n) is 7.72. The number of likely N-dealkylation sites (N-methyl/N-ethyl adjacent to an activating group) is 1. The van der Waals surface area contributed by atoms with Crippen LogP contribution in [0.15, 0.2) is 54.6 Å². The first-order chi connectivity index (χ1) is 10.5. The average Bonchev–Trinajstić information content (AvgIpc) is 2.51. The minimum Gasteiger partial charge on any atom is -0.320 e. The third kappa shape index (κ3) is 3.54. The molecule has 2 N–H and O–H groups in total. The van der Waals surface area contributed by atoms with Gasteiger partial charge in [-0.2, -0.15) is 0 Å². The average molecular weight is 300 g/mol. The molecule has 0 aliphatic carbocycles. The van der Waals surface area contributed by atoms with Gasteiger partial charge in [0.1, 0.15) is 5.82 Å². The van der Waals surface area contributed by atoms with Crippen molar-refractivity contribution in [3.05, 3.63) is 71.5 Å². The second-order valence-electron chi connectivity index (χ2n) is 6.10. The van der Waals surface area contributed by atoms with Gasteiger partial charge in [0.2, 0.25) is 0 Å². The topological polar surface area (TPSA) is 29.3 Å². The maximum Gasteiger partial charge on any atom is 0.123 e. The van der Waals surface area contributed by atoms with Gasteiger partial charge < -0.3 is 10.6 Å². The van der Waals surface area contributed by atoms with E-state index in [-0.39, 0.29) is 11.9 Å². The molecule has 2 aromatic rings. The molecule has 0 bridgehead atoms. The molecule has 2 aromatic carbocycles. The van der Waals surface area contributed by atoms with E-state index in [1.54, 1.807) is 0 Å². The van der Waals surface area contributed by atoms with Gasteiger partial charge in [-0.05, 0) is 50.2 Å². The molecule has 0 spiro atoms. The maximum absolute atomic E-state index is 13.2. The minimum absolute atomic E-state index is 0.194. The number of rotatable bonds is 6. The second kappa shape index (κ2) is 7.03. The molecule has 0 radical (unpaired) electrons. The van der Waals surface area contributed by atoms with Crippen LogP contribution in [-0.4, -0.2) is 25.0 Å². The monoisotopic (exact) mass is 300 g/mol.